The maximum Gasteiger partial charge on any atom is 0.0672 e. The Morgan fingerprint density at radius 3 is 2.78 bits per heavy atom. The van der Waals surface area contributed by atoms with Gasteiger partial charge in [0.1, 0.15) is 0 Å². The van der Waals surface area contributed by atoms with Gasteiger partial charge < -0.3 is 5.32 Å². The molecule has 1 aliphatic rings. The van der Waals surface area contributed by atoms with Gasteiger partial charge in [0.25, 0.3) is 0 Å². The zero-order chi connectivity index (χ0) is 6.69. The second kappa shape index (κ2) is 2.84. The Morgan fingerprint density at radius 1 is 1.56 bits per heavy atom. The summed E-state index contributed by atoms with van der Waals surface area (Å²) in [5.41, 5.74) is 0. The van der Waals surface area contributed by atoms with Crippen LogP contribution in [-0.4, -0.2) is 13.1 Å². The third kappa shape index (κ3) is 1.22. The fourth-order valence-electron chi connectivity index (χ4n) is 1.46. The number of nitrogens with zero attached hydrogens (tertiary/aromatic N) is 1. The molecule has 0 spiro atoms. The second-order valence-electron chi connectivity index (χ2n) is 2.56. The third-order valence-corrected chi connectivity index (χ3v) is 2.05. The summed E-state index contributed by atoms with van der Waals surface area (Å²) >= 11 is 0. The first-order valence-electron chi connectivity index (χ1n) is 3.45. The molecule has 0 amide bonds. The summed E-state index contributed by atoms with van der Waals surface area (Å²) < 4.78 is 0. The Kier molecular flexibility index (Phi) is 2.07. The predicted octanol–water partition coefficient (Wildman–Crippen LogP) is 0.898. The molecule has 0 heterocycles. The minimum atomic E-state index is 0.273. The molecule has 0 unspecified atom stereocenters. The molecule has 0 aliphatic heterocycles. The highest BCUT2D eigenvalue weighted by Crippen LogP contribution is 2.23. The van der Waals surface area contributed by atoms with Crippen molar-refractivity contribution in [2.45, 2.75) is 25.3 Å². The summed E-state index contributed by atoms with van der Waals surface area (Å²) in [5.74, 6) is 0.273. The molecule has 2 nitrogen and oxygen atoms in total. The predicted molar refractivity (Wildman–Crippen MR) is 35.8 cm³/mol. The monoisotopic (exact) mass is 124 g/mol. The van der Waals surface area contributed by atoms with E-state index in [1.807, 2.05) is 7.05 Å². The minimum absolute atomic E-state index is 0.273. The smallest absolute Gasteiger partial charge is 0.0672 e. The molecule has 1 rings (SSSR count). The summed E-state index contributed by atoms with van der Waals surface area (Å²) in [4.78, 5) is 0. The van der Waals surface area contributed by atoms with Gasteiger partial charge in [0.05, 0.1) is 12.0 Å². The lowest BCUT2D eigenvalue weighted by atomic mass is 10.1. The van der Waals surface area contributed by atoms with Gasteiger partial charge in [-0.05, 0) is 19.9 Å². The highest BCUT2D eigenvalue weighted by atomic mass is 14.9. The molecule has 9 heavy (non-hydrogen) atoms. The average molecular weight is 124 g/mol. The van der Waals surface area contributed by atoms with E-state index in [0.29, 0.717) is 6.04 Å². The Bertz CT molecular complexity index is 125. The largest absolute Gasteiger partial charge is 0.316 e. The molecule has 0 saturated heterocycles. The summed E-state index contributed by atoms with van der Waals surface area (Å²) in [7, 11) is 1.93. The van der Waals surface area contributed by atoms with E-state index in [1.54, 1.807) is 0 Å². The summed E-state index contributed by atoms with van der Waals surface area (Å²) in [6, 6.07) is 2.77. The van der Waals surface area contributed by atoms with Gasteiger partial charge in [0, 0.05) is 6.04 Å². The number of nitriles is 1. The number of nitrogens with one attached hydrogen (secondary N) is 1. The van der Waals surface area contributed by atoms with Crippen molar-refractivity contribution >= 4 is 0 Å². The zero-order valence-electron chi connectivity index (χ0n) is 5.72. The van der Waals surface area contributed by atoms with Crippen LogP contribution in [0.2, 0.25) is 0 Å². The van der Waals surface area contributed by atoms with Crippen LogP contribution in [0.4, 0.5) is 0 Å². The fourth-order valence-corrected chi connectivity index (χ4v) is 1.46. The summed E-state index contributed by atoms with van der Waals surface area (Å²) in [5, 5.41) is 11.7. The normalized spacial score (nSPS) is 34.2. The van der Waals surface area contributed by atoms with Crippen LogP contribution >= 0.6 is 0 Å². The molecule has 1 N–H and O–H groups in total. The van der Waals surface area contributed by atoms with Gasteiger partial charge >= 0.3 is 0 Å². The van der Waals surface area contributed by atoms with Gasteiger partial charge in [-0.2, -0.15) is 5.26 Å². The Hall–Kier alpha value is -0.550. The van der Waals surface area contributed by atoms with Crippen molar-refractivity contribution in [1.82, 2.24) is 5.32 Å². The van der Waals surface area contributed by atoms with E-state index in [4.69, 9.17) is 5.26 Å². The molecular weight excluding hydrogens is 112 g/mol. The first-order chi connectivity index (χ1) is 4.38. The van der Waals surface area contributed by atoms with Crippen LogP contribution < -0.4 is 5.32 Å². The molecule has 2 heteroatoms. The third-order valence-electron chi connectivity index (χ3n) is 2.05. The quantitative estimate of drug-likeness (QED) is 0.563. The number of hydrogen-bond acceptors (Lipinski definition) is 2. The molecule has 0 radical (unpaired) electrons. The molecule has 1 saturated carbocycles. The van der Waals surface area contributed by atoms with Crippen molar-refractivity contribution in [2.24, 2.45) is 5.92 Å². The van der Waals surface area contributed by atoms with Crippen molar-refractivity contribution in [3.63, 3.8) is 0 Å². The number of rotatable bonds is 1. The van der Waals surface area contributed by atoms with E-state index in [1.165, 1.54) is 12.8 Å². The zero-order valence-corrected chi connectivity index (χ0v) is 5.72. The van der Waals surface area contributed by atoms with Crippen molar-refractivity contribution in [3.8, 4) is 6.07 Å². The van der Waals surface area contributed by atoms with Gasteiger partial charge in [0.15, 0.2) is 0 Å². The van der Waals surface area contributed by atoms with Crippen LogP contribution in [0.15, 0.2) is 0 Å². The molecule has 0 aromatic rings. The minimum Gasteiger partial charge on any atom is -0.316 e. The van der Waals surface area contributed by atoms with E-state index in [2.05, 4.69) is 11.4 Å². The van der Waals surface area contributed by atoms with Gasteiger partial charge in [-0.1, -0.05) is 6.42 Å². The van der Waals surface area contributed by atoms with Crippen molar-refractivity contribution in [1.29, 1.82) is 5.26 Å². The maximum atomic E-state index is 8.58. The highest BCUT2D eigenvalue weighted by molar-refractivity contribution is 4.95. The van der Waals surface area contributed by atoms with Gasteiger partial charge in [0.2, 0.25) is 0 Å². The van der Waals surface area contributed by atoms with Crippen LogP contribution in [0.25, 0.3) is 0 Å². The standard InChI is InChI=1S/C7H12N2/c1-9-7-4-2-3-6(7)5-8/h6-7,9H,2-4H2,1H3/t6-,7+/m0/s1. The lowest BCUT2D eigenvalue weighted by Crippen LogP contribution is -2.27. The van der Waals surface area contributed by atoms with E-state index in [0.717, 1.165) is 6.42 Å². The van der Waals surface area contributed by atoms with Crippen molar-refractivity contribution < 1.29 is 0 Å². The van der Waals surface area contributed by atoms with E-state index in [9.17, 15) is 0 Å². The van der Waals surface area contributed by atoms with E-state index >= 15 is 0 Å². The van der Waals surface area contributed by atoms with Crippen LogP contribution in [0.1, 0.15) is 19.3 Å². The first kappa shape index (κ1) is 6.57. The van der Waals surface area contributed by atoms with Gasteiger partial charge in [-0.3, -0.25) is 0 Å². The molecule has 0 aromatic carbocycles. The molecule has 1 aliphatic carbocycles. The van der Waals surface area contributed by atoms with E-state index in [-0.39, 0.29) is 5.92 Å². The second-order valence-corrected chi connectivity index (χ2v) is 2.56. The topological polar surface area (TPSA) is 35.8 Å². The molecule has 1 fully saturated rings. The fraction of sp³-hybridized carbons (Fsp3) is 0.857. The maximum absolute atomic E-state index is 8.58. The number of hydrogen-bond donors (Lipinski definition) is 1. The van der Waals surface area contributed by atoms with Crippen LogP contribution in [0, 0.1) is 17.2 Å². The lowest BCUT2D eigenvalue weighted by molar-refractivity contribution is 0.506. The Balaban J connectivity index is 2.44. The van der Waals surface area contributed by atoms with E-state index < -0.39 is 0 Å². The Labute approximate surface area is 55.9 Å². The molecule has 50 valence electrons. The summed E-state index contributed by atoms with van der Waals surface area (Å²) in [6.45, 7) is 0. The van der Waals surface area contributed by atoms with Crippen molar-refractivity contribution in [3.05, 3.63) is 0 Å². The highest BCUT2D eigenvalue weighted by Gasteiger charge is 2.24. The first-order valence-corrected chi connectivity index (χ1v) is 3.45. The van der Waals surface area contributed by atoms with Crippen LogP contribution in [0.5, 0.6) is 0 Å². The molecular formula is C7H12N2. The lowest BCUT2D eigenvalue weighted by Gasteiger charge is -2.09. The van der Waals surface area contributed by atoms with Crippen LogP contribution in [-0.2, 0) is 0 Å². The van der Waals surface area contributed by atoms with Gasteiger partial charge in [-0.15, -0.1) is 0 Å². The average Bonchev–Trinajstić information content (AvgIpc) is 2.33. The molecule has 2 atom stereocenters. The van der Waals surface area contributed by atoms with Crippen LogP contribution in [0.3, 0.4) is 0 Å². The SMILES string of the molecule is CN[C@@H]1CCC[C@H]1C#N. The molecule has 0 bridgehead atoms. The van der Waals surface area contributed by atoms with Crippen molar-refractivity contribution in [2.75, 3.05) is 7.05 Å². The molecule has 0 aromatic heterocycles. The van der Waals surface area contributed by atoms with Gasteiger partial charge in [-0.25, -0.2) is 0 Å². The Morgan fingerprint density at radius 2 is 2.33 bits per heavy atom. The summed E-state index contributed by atoms with van der Waals surface area (Å²) in [6.07, 6.45) is 3.47.